The van der Waals surface area contributed by atoms with E-state index in [1.54, 1.807) is 0 Å². The maximum absolute atomic E-state index is 9.67. The van der Waals surface area contributed by atoms with Gasteiger partial charge < -0.3 is 5.11 Å². The number of hydrogen-bond acceptors (Lipinski definition) is 2. The van der Waals surface area contributed by atoms with Gasteiger partial charge in [0.25, 0.3) is 0 Å². The summed E-state index contributed by atoms with van der Waals surface area (Å²) in [6, 6.07) is 4.14. The van der Waals surface area contributed by atoms with Crippen molar-refractivity contribution in [2.75, 3.05) is 13.1 Å². The fourth-order valence-electron chi connectivity index (χ4n) is 1.84. The van der Waals surface area contributed by atoms with Gasteiger partial charge in [0.05, 0.1) is 0 Å². The maximum atomic E-state index is 9.67. The van der Waals surface area contributed by atoms with E-state index >= 15 is 0 Å². The molecule has 1 aromatic carbocycles. The highest BCUT2D eigenvalue weighted by Gasteiger charge is 2.05. The van der Waals surface area contributed by atoms with Gasteiger partial charge in [-0.3, -0.25) is 4.90 Å². The van der Waals surface area contributed by atoms with Crippen LogP contribution < -0.4 is 0 Å². The minimum Gasteiger partial charge on any atom is -0.507 e. The summed E-state index contributed by atoms with van der Waals surface area (Å²) in [5, 5.41) is 9.67. The minimum atomic E-state index is 0.429. The number of phenols is 1. The largest absolute Gasteiger partial charge is 0.507 e. The summed E-state index contributed by atoms with van der Waals surface area (Å²) in [4.78, 5) is 2.37. The molecule has 0 unspecified atom stereocenters. The van der Waals surface area contributed by atoms with Crippen molar-refractivity contribution in [2.24, 2.45) is 0 Å². The Kier molecular flexibility index (Phi) is 4.15. The zero-order valence-corrected chi connectivity index (χ0v) is 10.2. The van der Waals surface area contributed by atoms with Gasteiger partial charge in [0.1, 0.15) is 5.75 Å². The van der Waals surface area contributed by atoms with Gasteiger partial charge in [-0.05, 0) is 43.6 Å². The van der Waals surface area contributed by atoms with E-state index in [4.69, 9.17) is 0 Å². The molecule has 0 aromatic heterocycles. The molecule has 0 heterocycles. The van der Waals surface area contributed by atoms with Crippen molar-refractivity contribution < 1.29 is 5.11 Å². The van der Waals surface area contributed by atoms with Gasteiger partial charge in [0.2, 0.25) is 0 Å². The summed E-state index contributed by atoms with van der Waals surface area (Å²) in [7, 11) is 0. The second-order valence-corrected chi connectivity index (χ2v) is 4.04. The Bertz CT molecular complexity index is 306. The molecule has 1 aromatic rings. The monoisotopic (exact) mass is 207 g/mol. The van der Waals surface area contributed by atoms with E-state index in [0.29, 0.717) is 5.75 Å². The van der Waals surface area contributed by atoms with Crippen LogP contribution in [0.2, 0.25) is 0 Å². The van der Waals surface area contributed by atoms with Gasteiger partial charge in [-0.25, -0.2) is 0 Å². The fourth-order valence-corrected chi connectivity index (χ4v) is 1.84. The van der Waals surface area contributed by atoms with E-state index in [-0.39, 0.29) is 0 Å². The molecule has 2 nitrogen and oxygen atoms in total. The van der Waals surface area contributed by atoms with Gasteiger partial charge in [-0.1, -0.05) is 26.0 Å². The van der Waals surface area contributed by atoms with Crippen LogP contribution in [0.15, 0.2) is 12.1 Å². The molecule has 0 saturated carbocycles. The molecule has 15 heavy (non-hydrogen) atoms. The molecule has 0 saturated heterocycles. The number of benzene rings is 1. The first-order valence-corrected chi connectivity index (χ1v) is 5.59. The van der Waals surface area contributed by atoms with Gasteiger partial charge in [0, 0.05) is 6.54 Å². The van der Waals surface area contributed by atoms with Crippen molar-refractivity contribution in [1.29, 1.82) is 0 Å². The van der Waals surface area contributed by atoms with Crippen LogP contribution in [0.1, 0.15) is 30.5 Å². The molecule has 0 radical (unpaired) electrons. The summed E-state index contributed by atoms with van der Waals surface area (Å²) in [5.74, 6) is 0.429. The van der Waals surface area contributed by atoms with E-state index in [2.05, 4.69) is 30.9 Å². The Morgan fingerprint density at radius 3 is 1.93 bits per heavy atom. The minimum absolute atomic E-state index is 0.429. The Balaban J connectivity index is 2.87. The number of rotatable bonds is 4. The third-order valence-corrected chi connectivity index (χ3v) is 2.85. The molecule has 0 atom stereocenters. The standard InChI is InChI=1S/C13H21NO/c1-5-14(6-2)9-12-7-10(3)13(15)11(4)8-12/h7-8,15H,5-6,9H2,1-4H3. The van der Waals surface area contributed by atoms with E-state index in [9.17, 15) is 5.11 Å². The second-order valence-electron chi connectivity index (χ2n) is 4.04. The van der Waals surface area contributed by atoms with E-state index < -0.39 is 0 Å². The molecular formula is C13H21NO. The lowest BCUT2D eigenvalue weighted by Gasteiger charge is -2.19. The van der Waals surface area contributed by atoms with E-state index in [0.717, 1.165) is 30.8 Å². The second kappa shape index (κ2) is 5.17. The molecule has 0 aliphatic carbocycles. The average Bonchev–Trinajstić information content (AvgIpc) is 2.22. The number of phenolic OH excluding ortho intramolecular Hbond substituents is 1. The molecular weight excluding hydrogens is 186 g/mol. The predicted molar refractivity (Wildman–Crippen MR) is 64.2 cm³/mol. The molecule has 1 rings (SSSR count). The first-order chi connectivity index (χ1) is 7.08. The topological polar surface area (TPSA) is 23.5 Å². The molecule has 2 heteroatoms. The van der Waals surface area contributed by atoms with Crippen molar-refractivity contribution >= 4 is 0 Å². The zero-order valence-electron chi connectivity index (χ0n) is 10.2. The third kappa shape index (κ3) is 2.96. The van der Waals surface area contributed by atoms with Gasteiger partial charge in [-0.15, -0.1) is 0 Å². The van der Waals surface area contributed by atoms with Crippen LogP contribution in [-0.2, 0) is 6.54 Å². The molecule has 84 valence electrons. The first kappa shape index (κ1) is 12.1. The fraction of sp³-hybridized carbons (Fsp3) is 0.538. The van der Waals surface area contributed by atoms with Crippen LogP contribution >= 0.6 is 0 Å². The highest BCUT2D eigenvalue weighted by Crippen LogP contribution is 2.23. The zero-order chi connectivity index (χ0) is 11.4. The number of aromatic hydroxyl groups is 1. The smallest absolute Gasteiger partial charge is 0.121 e. The van der Waals surface area contributed by atoms with Crippen molar-refractivity contribution in [3.63, 3.8) is 0 Å². The SMILES string of the molecule is CCN(CC)Cc1cc(C)c(O)c(C)c1. The number of aryl methyl sites for hydroxylation is 2. The van der Waals surface area contributed by atoms with Crippen molar-refractivity contribution in [1.82, 2.24) is 4.90 Å². The Labute approximate surface area is 92.5 Å². The Morgan fingerprint density at radius 2 is 1.53 bits per heavy atom. The lowest BCUT2D eigenvalue weighted by molar-refractivity contribution is 0.295. The van der Waals surface area contributed by atoms with Crippen LogP contribution in [0.5, 0.6) is 5.75 Å². The van der Waals surface area contributed by atoms with E-state index in [1.807, 2.05) is 13.8 Å². The molecule has 0 fully saturated rings. The van der Waals surface area contributed by atoms with Gasteiger partial charge in [-0.2, -0.15) is 0 Å². The molecule has 0 amide bonds. The van der Waals surface area contributed by atoms with Gasteiger partial charge in [0.15, 0.2) is 0 Å². The molecule has 0 aliphatic heterocycles. The van der Waals surface area contributed by atoms with Crippen molar-refractivity contribution in [3.05, 3.63) is 28.8 Å². The maximum Gasteiger partial charge on any atom is 0.121 e. The lowest BCUT2D eigenvalue weighted by atomic mass is 10.1. The van der Waals surface area contributed by atoms with E-state index in [1.165, 1.54) is 5.56 Å². The lowest BCUT2D eigenvalue weighted by Crippen LogP contribution is -2.22. The summed E-state index contributed by atoms with van der Waals surface area (Å²) in [5.41, 5.74) is 3.22. The number of nitrogens with zero attached hydrogens (tertiary/aromatic N) is 1. The quantitative estimate of drug-likeness (QED) is 0.820. The van der Waals surface area contributed by atoms with Crippen LogP contribution in [-0.4, -0.2) is 23.1 Å². The summed E-state index contributed by atoms with van der Waals surface area (Å²) < 4.78 is 0. The predicted octanol–water partition coefficient (Wildman–Crippen LogP) is 2.85. The average molecular weight is 207 g/mol. The molecule has 0 aliphatic rings. The first-order valence-electron chi connectivity index (χ1n) is 5.59. The highest BCUT2D eigenvalue weighted by molar-refractivity contribution is 5.42. The van der Waals surface area contributed by atoms with Gasteiger partial charge >= 0.3 is 0 Å². The van der Waals surface area contributed by atoms with Crippen molar-refractivity contribution in [3.8, 4) is 5.75 Å². The number of hydrogen-bond donors (Lipinski definition) is 1. The molecule has 0 bridgehead atoms. The van der Waals surface area contributed by atoms with Crippen LogP contribution in [0, 0.1) is 13.8 Å². The molecule has 0 spiro atoms. The van der Waals surface area contributed by atoms with Crippen molar-refractivity contribution in [2.45, 2.75) is 34.2 Å². The Hall–Kier alpha value is -1.02. The normalized spacial score (nSPS) is 11.0. The Morgan fingerprint density at radius 1 is 1.07 bits per heavy atom. The summed E-state index contributed by atoms with van der Waals surface area (Å²) in [6.07, 6.45) is 0. The highest BCUT2D eigenvalue weighted by atomic mass is 16.3. The van der Waals surface area contributed by atoms with Crippen LogP contribution in [0.25, 0.3) is 0 Å². The summed E-state index contributed by atoms with van der Waals surface area (Å²) in [6.45, 7) is 11.3. The van der Waals surface area contributed by atoms with Crippen LogP contribution in [0.3, 0.4) is 0 Å². The van der Waals surface area contributed by atoms with Crippen LogP contribution in [0.4, 0.5) is 0 Å². The summed E-state index contributed by atoms with van der Waals surface area (Å²) >= 11 is 0. The molecule has 1 N–H and O–H groups in total. The third-order valence-electron chi connectivity index (χ3n) is 2.85.